The Morgan fingerprint density at radius 1 is 1.00 bits per heavy atom. The van der Waals surface area contributed by atoms with Gasteiger partial charge < -0.3 is 10.6 Å². The van der Waals surface area contributed by atoms with E-state index in [1.54, 1.807) is 6.92 Å². The summed E-state index contributed by atoms with van der Waals surface area (Å²) in [7, 11) is 0. The maximum atomic E-state index is 13.3. The second kappa shape index (κ2) is 7.54. The molecule has 158 valence electrons. The molecule has 1 fully saturated rings. The maximum Gasteiger partial charge on any atom is 0.325 e. The number of hydrogen-bond acceptors (Lipinski definition) is 3. The molecule has 0 unspecified atom stereocenters. The third-order valence-corrected chi connectivity index (χ3v) is 5.85. The Morgan fingerprint density at radius 2 is 1.65 bits per heavy atom. The summed E-state index contributed by atoms with van der Waals surface area (Å²) in [5, 5.41) is 7.52. The summed E-state index contributed by atoms with van der Waals surface area (Å²) in [4.78, 5) is 39.7. The van der Waals surface area contributed by atoms with E-state index in [0.717, 1.165) is 32.4 Å². The Labute approximate surface area is 181 Å². The van der Waals surface area contributed by atoms with Crippen LogP contribution in [0.2, 0.25) is 0 Å². The van der Waals surface area contributed by atoms with Gasteiger partial charge in [-0.1, -0.05) is 60.2 Å². The molecule has 1 aliphatic rings. The third-order valence-electron chi connectivity index (χ3n) is 5.85. The van der Waals surface area contributed by atoms with Gasteiger partial charge in [-0.3, -0.25) is 14.5 Å². The lowest BCUT2D eigenvalue weighted by molar-refractivity contribution is -0.133. The number of amides is 4. The van der Waals surface area contributed by atoms with E-state index in [1.807, 2.05) is 75.4 Å². The van der Waals surface area contributed by atoms with Crippen molar-refractivity contribution in [1.82, 2.24) is 10.2 Å². The number of nitrogens with one attached hydrogen (secondary N) is 2. The molecule has 2 N–H and O–H groups in total. The molecule has 1 heterocycles. The van der Waals surface area contributed by atoms with Crippen molar-refractivity contribution in [2.24, 2.45) is 0 Å². The predicted molar refractivity (Wildman–Crippen MR) is 121 cm³/mol. The first kappa shape index (κ1) is 20.6. The predicted octanol–water partition coefficient (Wildman–Crippen LogP) is 4.17. The summed E-state index contributed by atoms with van der Waals surface area (Å²) in [5.74, 6) is -0.859. The number of nitrogens with zero attached hydrogens (tertiary/aromatic N) is 1. The van der Waals surface area contributed by atoms with Crippen LogP contribution in [0.1, 0.15) is 29.2 Å². The molecule has 1 aliphatic heterocycles. The normalized spacial score (nSPS) is 18.4. The summed E-state index contributed by atoms with van der Waals surface area (Å²) in [6, 6.07) is 16.7. The number of fused-ring (bicyclic) bond motifs is 1. The molecule has 0 spiro atoms. The number of carbonyl (C=O) groups is 3. The van der Waals surface area contributed by atoms with Gasteiger partial charge in [0.25, 0.3) is 5.91 Å². The Bertz CT molecular complexity index is 1210. The van der Waals surface area contributed by atoms with Gasteiger partial charge in [0.05, 0.1) is 0 Å². The van der Waals surface area contributed by atoms with Crippen LogP contribution in [0.15, 0.2) is 54.6 Å². The summed E-state index contributed by atoms with van der Waals surface area (Å²) in [6.07, 6.45) is 0. The first-order valence-electron chi connectivity index (χ1n) is 10.2. The molecular formula is C25H25N3O3. The van der Waals surface area contributed by atoms with Crippen LogP contribution in [0.3, 0.4) is 0 Å². The standard InChI is InChI=1S/C25H25N3O3/c1-15-12-16(2)22(17(3)13-15)26-21(29)14-28-23(30)25(4,27-24(28)31)20-11-7-9-18-8-5-6-10-19(18)20/h5-13H,14H2,1-4H3,(H,26,29)(H,27,31)/t25-/m1/s1. The lowest BCUT2D eigenvalue weighted by Gasteiger charge is -2.24. The lowest BCUT2D eigenvalue weighted by atomic mass is 9.88. The number of rotatable bonds is 4. The molecule has 6 nitrogen and oxygen atoms in total. The first-order chi connectivity index (χ1) is 14.7. The minimum Gasteiger partial charge on any atom is -0.324 e. The number of carbonyl (C=O) groups excluding carboxylic acids is 3. The molecule has 0 radical (unpaired) electrons. The van der Waals surface area contributed by atoms with Crippen LogP contribution in [-0.2, 0) is 15.1 Å². The summed E-state index contributed by atoms with van der Waals surface area (Å²) < 4.78 is 0. The average Bonchev–Trinajstić information content (AvgIpc) is 2.94. The number of aryl methyl sites for hydroxylation is 3. The molecule has 1 saturated heterocycles. The highest BCUT2D eigenvalue weighted by Crippen LogP contribution is 2.34. The second-order valence-electron chi connectivity index (χ2n) is 8.30. The highest BCUT2D eigenvalue weighted by Gasteiger charge is 2.50. The van der Waals surface area contributed by atoms with Crippen LogP contribution >= 0.6 is 0 Å². The molecule has 1 atom stereocenters. The van der Waals surface area contributed by atoms with Gasteiger partial charge in [0.1, 0.15) is 12.1 Å². The van der Waals surface area contributed by atoms with Crippen LogP contribution in [0, 0.1) is 20.8 Å². The average molecular weight is 415 g/mol. The van der Waals surface area contributed by atoms with Crippen molar-refractivity contribution in [2.45, 2.75) is 33.2 Å². The van der Waals surface area contributed by atoms with E-state index in [1.165, 1.54) is 0 Å². The van der Waals surface area contributed by atoms with Gasteiger partial charge in [-0.05, 0) is 55.2 Å². The van der Waals surface area contributed by atoms with Crippen LogP contribution in [0.25, 0.3) is 10.8 Å². The van der Waals surface area contributed by atoms with Crippen molar-refractivity contribution in [3.63, 3.8) is 0 Å². The number of urea groups is 1. The molecule has 0 bridgehead atoms. The lowest BCUT2D eigenvalue weighted by Crippen LogP contribution is -2.42. The fourth-order valence-electron chi connectivity index (χ4n) is 4.38. The molecule has 4 rings (SSSR count). The molecule has 3 aromatic carbocycles. The van der Waals surface area contributed by atoms with Crippen LogP contribution in [0.5, 0.6) is 0 Å². The van der Waals surface area contributed by atoms with E-state index >= 15 is 0 Å². The Kier molecular flexibility index (Phi) is 5.01. The van der Waals surface area contributed by atoms with Crippen molar-refractivity contribution < 1.29 is 14.4 Å². The first-order valence-corrected chi connectivity index (χ1v) is 10.2. The van der Waals surface area contributed by atoms with E-state index in [4.69, 9.17) is 0 Å². The van der Waals surface area contributed by atoms with Crippen molar-refractivity contribution in [3.8, 4) is 0 Å². The molecule has 6 heteroatoms. The fourth-order valence-corrected chi connectivity index (χ4v) is 4.38. The molecule has 4 amide bonds. The SMILES string of the molecule is Cc1cc(C)c(NC(=O)CN2C(=O)N[C@](C)(c3cccc4ccccc34)C2=O)c(C)c1. The summed E-state index contributed by atoms with van der Waals surface area (Å²) in [5.41, 5.74) is 3.14. The summed E-state index contributed by atoms with van der Waals surface area (Å²) in [6.45, 7) is 7.16. The topological polar surface area (TPSA) is 78.5 Å². The molecular weight excluding hydrogens is 390 g/mol. The van der Waals surface area contributed by atoms with E-state index in [0.29, 0.717) is 11.3 Å². The number of hydrogen-bond donors (Lipinski definition) is 2. The Morgan fingerprint density at radius 3 is 2.35 bits per heavy atom. The van der Waals surface area contributed by atoms with E-state index < -0.39 is 23.4 Å². The highest BCUT2D eigenvalue weighted by molar-refractivity contribution is 6.11. The number of imide groups is 1. The van der Waals surface area contributed by atoms with E-state index in [2.05, 4.69) is 10.6 Å². The molecule has 3 aromatic rings. The molecule has 0 saturated carbocycles. The Balaban J connectivity index is 1.59. The molecule has 0 aromatic heterocycles. The maximum absolute atomic E-state index is 13.3. The van der Waals surface area contributed by atoms with Crippen molar-refractivity contribution in [3.05, 3.63) is 76.9 Å². The minimum absolute atomic E-state index is 0.349. The van der Waals surface area contributed by atoms with E-state index in [-0.39, 0.29) is 6.54 Å². The fraction of sp³-hybridized carbons (Fsp3) is 0.240. The van der Waals surface area contributed by atoms with Crippen molar-refractivity contribution >= 4 is 34.3 Å². The Hall–Kier alpha value is -3.67. The zero-order chi connectivity index (χ0) is 22.3. The smallest absolute Gasteiger partial charge is 0.324 e. The van der Waals surface area contributed by atoms with Crippen LogP contribution in [-0.4, -0.2) is 29.3 Å². The van der Waals surface area contributed by atoms with Crippen LogP contribution in [0.4, 0.5) is 10.5 Å². The third kappa shape index (κ3) is 3.54. The van der Waals surface area contributed by atoms with Gasteiger partial charge in [-0.15, -0.1) is 0 Å². The van der Waals surface area contributed by atoms with Gasteiger partial charge in [0.15, 0.2) is 0 Å². The monoisotopic (exact) mass is 415 g/mol. The highest BCUT2D eigenvalue weighted by atomic mass is 16.2. The number of anilines is 1. The van der Waals surface area contributed by atoms with Gasteiger partial charge in [-0.2, -0.15) is 0 Å². The van der Waals surface area contributed by atoms with Crippen molar-refractivity contribution in [1.29, 1.82) is 0 Å². The molecule has 0 aliphatic carbocycles. The van der Waals surface area contributed by atoms with Gasteiger partial charge >= 0.3 is 6.03 Å². The van der Waals surface area contributed by atoms with Crippen molar-refractivity contribution in [2.75, 3.05) is 11.9 Å². The summed E-state index contributed by atoms with van der Waals surface area (Å²) >= 11 is 0. The van der Waals surface area contributed by atoms with Crippen LogP contribution < -0.4 is 10.6 Å². The van der Waals surface area contributed by atoms with Gasteiger partial charge in [0, 0.05) is 5.69 Å². The largest absolute Gasteiger partial charge is 0.325 e. The number of benzene rings is 3. The zero-order valence-corrected chi connectivity index (χ0v) is 18.1. The second-order valence-corrected chi connectivity index (χ2v) is 8.30. The van der Waals surface area contributed by atoms with Gasteiger partial charge in [-0.25, -0.2) is 4.79 Å². The minimum atomic E-state index is -1.24. The van der Waals surface area contributed by atoms with Gasteiger partial charge in [0.2, 0.25) is 5.91 Å². The zero-order valence-electron chi connectivity index (χ0n) is 18.1. The quantitative estimate of drug-likeness (QED) is 0.628. The van der Waals surface area contributed by atoms with E-state index in [9.17, 15) is 14.4 Å². The molecule has 31 heavy (non-hydrogen) atoms.